The molecule has 0 bridgehead atoms. The molecule has 41 heavy (non-hydrogen) atoms. The summed E-state index contributed by atoms with van der Waals surface area (Å²) in [7, 11) is 1.16. The van der Waals surface area contributed by atoms with Crippen molar-refractivity contribution < 1.29 is 43.1 Å². The van der Waals surface area contributed by atoms with Crippen molar-refractivity contribution in [2.45, 2.75) is 31.2 Å². The summed E-state index contributed by atoms with van der Waals surface area (Å²) in [6.07, 6.45) is 0.677. The van der Waals surface area contributed by atoms with E-state index in [-0.39, 0.29) is 59.0 Å². The molecule has 2 amide bonds. The number of ether oxygens (including phenoxy) is 3. The SMILES string of the molecule is C=CCOC(=O)c1cc(NC(=O)C2CC(SC(C)=O)CN2C(=O)OCc2ccc([N+](=O)[O-])cc2)cc(C(=O)OC)c1. The molecule has 1 aliphatic heterocycles. The summed E-state index contributed by atoms with van der Waals surface area (Å²) in [5.41, 5.74) is 0.404. The number of carbonyl (C=O) groups excluding carboxylic acids is 5. The first-order valence-electron chi connectivity index (χ1n) is 12.2. The van der Waals surface area contributed by atoms with Crippen LogP contribution in [0.25, 0.3) is 0 Å². The average molecular weight is 586 g/mol. The van der Waals surface area contributed by atoms with E-state index in [2.05, 4.69) is 11.9 Å². The van der Waals surface area contributed by atoms with Crippen molar-refractivity contribution in [1.29, 1.82) is 0 Å². The van der Waals surface area contributed by atoms with Crippen LogP contribution in [0, 0.1) is 10.1 Å². The smallest absolute Gasteiger partial charge is 0.410 e. The largest absolute Gasteiger partial charge is 0.465 e. The third-order valence-corrected chi connectivity index (χ3v) is 6.84. The first kappa shape index (κ1) is 30.8. The molecule has 2 aromatic rings. The number of methoxy groups -OCH3 is 1. The number of nitrogens with one attached hydrogen (secondary N) is 1. The topological polar surface area (TPSA) is 171 Å². The molecule has 1 heterocycles. The Bertz CT molecular complexity index is 1360. The standard InChI is InChI=1S/C27H27N3O10S/c1-4-9-39-26(34)19-10-18(25(33)38-3)11-20(12-19)28-24(32)23-13-22(41-16(2)31)14-29(23)27(35)40-15-17-5-7-21(8-6-17)30(36)37/h4-8,10-12,22-23H,1,9,13-15H2,2-3H3,(H,28,32). The van der Waals surface area contributed by atoms with Crippen LogP contribution in [-0.4, -0.2) is 70.4 Å². The van der Waals surface area contributed by atoms with Crippen LogP contribution in [0.3, 0.4) is 0 Å². The molecule has 216 valence electrons. The third kappa shape index (κ3) is 8.38. The predicted octanol–water partition coefficient (Wildman–Crippen LogP) is 3.72. The van der Waals surface area contributed by atoms with Gasteiger partial charge in [0.15, 0.2) is 5.12 Å². The Hall–Kier alpha value is -4.72. The van der Waals surface area contributed by atoms with Crippen LogP contribution < -0.4 is 5.32 Å². The maximum atomic E-state index is 13.4. The lowest BCUT2D eigenvalue weighted by atomic mass is 10.1. The second-order valence-electron chi connectivity index (χ2n) is 8.78. The summed E-state index contributed by atoms with van der Waals surface area (Å²) in [5, 5.41) is 12.9. The van der Waals surface area contributed by atoms with Crippen LogP contribution in [0.15, 0.2) is 55.1 Å². The van der Waals surface area contributed by atoms with Crippen molar-refractivity contribution >= 4 is 52.2 Å². The Morgan fingerprint density at radius 3 is 2.34 bits per heavy atom. The van der Waals surface area contributed by atoms with Gasteiger partial charge in [-0.15, -0.1) is 0 Å². The van der Waals surface area contributed by atoms with Gasteiger partial charge in [-0.2, -0.15) is 0 Å². The molecule has 1 aliphatic rings. The lowest BCUT2D eigenvalue weighted by molar-refractivity contribution is -0.384. The summed E-state index contributed by atoms with van der Waals surface area (Å²) in [6.45, 7) is 4.62. The van der Waals surface area contributed by atoms with Crippen LogP contribution in [0.1, 0.15) is 39.6 Å². The molecule has 0 saturated carbocycles. The van der Waals surface area contributed by atoms with Gasteiger partial charge in [0.1, 0.15) is 19.3 Å². The summed E-state index contributed by atoms with van der Waals surface area (Å²) >= 11 is 0.990. The summed E-state index contributed by atoms with van der Waals surface area (Å²) in [6, 6.07) is 8.27. The Morgan fingerprint density at radius 1 is 1.10 bits per heavy atom. The van der Waals surface area contributed by atoms with E-state index in [1.165, 1.54) is 60.4 Å². The first-order chi connectivity index (χ1) is 19.5. The molecule has 0 aliphatic carbocycles. The van der Waals surface area contributed by atoms with E-state index in [0.717, 1.165) is 18.9 Å². The molecule has 0 spiro atoms. The highest BCUT2D eigenvalue weighted by Crippen LogP contribution is 2.30. The minimum Gasteiger partial charge on any atom is -0.465 e. The molecule has 1 N–H and O–H groups in total. The molecule has 3 rings (SSSR count). The van der Waals surface area contributed by atoms with Crippen molar-refractivity contribution in [3.05, 3.63) is 81.9 Å². The van der Waals surface area contributed by atoms with Crippen molar-refractivity contribution in [2.75, 3.05) is 25.6 Å². The highest BCUT2D eigenvalue weighted by Gasteiger charge is 2.41. The molecule has 13 nitrogen and oxygen atoms in total. The van der Waals surface area contributed by atoms with Crippen molar-refractivity contribution in [3.63, 3.8) is 0 Å². The fourth-order valence-electron chi connectivity index (χ4n) is 4.01. The quantitative estimate of drug-likeness (QED) is 0.142. The van der Waals surface area contributed by atoms with E-state index < -0.39 is 34.9 Å². The Balaban J connectivity index is 1.80. The van der Waals surface area contributed by atoms with Gasteiger partial charge in [0.2, 0.25) is 5.91 Å². The molecular weight excluding hydrogens is 558 g/mol. The zero-order chi connectivity index (χ0) is 30.1. The second-order valence-corrected chi connectivity index (χ2v) is 10.3. The van der Waals surface area contributed by atoms with Gasteiger partial charge < -0.3 is 19.5 Å². The highest BCUT2D eigenvalue weighted by molar-refractivity contribution is 8.14. The number of hydrogen-bond acceptors (Lipinski definition) is 11. The van der Waals surface area contributed by atoms with Crippen LogP contribution in [0.5, 0.6) is 0 Å². The first-order valence-corrected chi connectivity index (χ1v) is 13.1. The zero-order valence-electron chi connectivity index (χ0n) is 22.2. The average Bonchev–Trinajstić information content (AvgIpc) is 3.37. The van der Waals surface area contributed by atoms with Gasteiger partial charge in [-0.1, -0.05) is 24.4 Å². The second kappa shape index (κ2) is 14.1. The lowest BCUT2D eigenvalue weighted by Gasteiger charge is -2.23. The number of nitro groups is 1. The Labute approximate surface area is 239 Å². The normalized spacial score (nSPS) is 15.9. The van der Waals surface area contributed by atoms with Crippen LogP contribution in [0.4, 0.5) is 16.2 Å². The number of hydrogen-bond donors (Lipinski definition) is 1. The summed E-state index contributed by atoms with van der Waals surface area (Å²) in [5.74, 6) is -2.16. The molecular formula is C27H27N3O10S. The van der Waals surface area contributed by atoms with Crippen LogP contribution in [-0.2, 0) is 30.4 Å². The van der Waals surface area contributed by atoms with E-state index in [0.29, 0.717) is 5.56 Å². The molecule has 1 saturated heterocycles. The van der Waals surface area contributed by atoms with Crippen molar-refractivity contribution in [1.82, 2.24) is 4.90 Å². The number of nitrogens with zero attached hydrogens (tertiary/aromatic N) is 2. The van der Waals surface area contributed by atoms with Gasteiger partial charge >= 0.3 is 18.0 Å². The zero-order valence-corrected chi connectivity index (χ0v) is 23.0. The van der Waals surface area contributed by atoms with E-state index in [9.17, 15) is 34.1 Å². The summed E-state index contributed by atoms with van der Waals surface area (Å²) < 4.78 is 15.1. The third-order valence-electron chi connectivity index (χ3n) is 5.83. The number of carbonyl (C=O) groups is 5. The molecule has 1 fully saturated rings. The molecule has 2 atom stereocenters. The van der Waals surface area contributed by atoms with Crippen molar-refractivity contribution in [2.24, 2.45) is 0 Å². The fraction of sp³-hybridized carbons (Fsp3) is 0.296. The van der Waals surface area contributed by atoms with Gasteiger partial charge in [-0.05, 0) is 42.3 Å². The van der Waals surface area contributed by atoms with Gasteiger partial charge in [-0.25, -0.2) is 14.4 Å². The molecule has 2 aromatic carbocycles. The molecule has 0 radical (unpaired) electrons. The number of anilines is 1. The number of esters is 2. The lowest BCUT2D eigenvalue weighted by Crippen LogP contribution is -2.43. The van der Waals surface area contributed by atoms with E-state index in [4.69, 9.17) is 14.2 Å². The Kier molecular flexibility index (Phi) is 10.6. The number of nitro benzene ring substituents is 1. The highest BCUT2D eigenvalue weighted by atomic mass is 32.2. The van der Waals surface area contributed by atoms with E-state index >= 15 is 0 Å². The maximum absolute atomic E-state index is 13.4. The number of likely N-dealkylation sites (tertiary alicyclic amines) is 1. The molecule has 2 unspecified atom stereocenters. The fourth-order valence-corrected chi connectivity index (χ4v) is 4.99. The summed E-state index contributed by atoms with van der Waals surface area (Å²) in [4.78, 5) is 74.2. The van der Waals surface area contributed by atoms with Gasteiger partial charge in [-0.3, -0.25) is 24.6 Å². The minimum absolute atomic E-state index is 0.0216. The van der Waals surface area contributed by atoms with Gasteiger partial charge in [0.05, 0.1) is 23.2 Å². The van der Waals surface area contributed by atoms with Crippen LogP contribution in [0.2, 0.25) is 0 Å². The van der Waals surface area contributed by atoms with Gasteiger partial charge in [0, 0.05) is 36.5 Å². The molecule has 0 aromatic heterocycles. The van der Waals surface area contributed by atoms with Crippen LogP contribution >= 0.6 is 11.8 Å². The van der Waals surface area contributed by atoms with Crippen molar-refractivity contribution in [3.8, 4) is 0 Å². The number of benzene rings is 2. The molecule has 14 heteroatoms. The van der Waals surface area contributed by atoms with Gasteiger partial charge in [0.25, 0.3) is 5.69 Å². The monoisotopic (exact) mass is 585 g/mol. The Morgan fingerprint density at radius 2 is 1.76 bits per heavy atom. The number of amides is 2. The minimum atomic E-state index is -1.05. The number of thioether (sulfide) groups is 1. The van der Waals surface area contributed by atoms with E-state index in [1.54, 1.807) is 0 Å². The number of rotatable bonds is 10. The maximum Gasteiger partial charge on any atom is 0.410 e. The number of non-ortho nitro benzene ring substituents is 1. The predicted molar refractivity (Wildman–Crippen MR) is 147 cm³/mol. The van der Waals surface area contributed by atoms with E-state index in [1.807, 2.05) is 0 Å².